The van der Waals surface area contributed by atoms with E-state index in [-0.39, 0.29) is 39.7 Å². The van der Waals surface area contributed by atoms with E-state index in [9.17, 15) is 18.6 Å². The van der Waals surface area contributed by atoms with Crippen LogP contribution in [0, 0.1) is 0 Å². The molecule has 0 spiro atoms. The number of nitrogens with one attached hydrogen (secondary N) is 2. The topological polar surface area (TPSA) is 142 Å². The van der Waals surface area contributed by atoms with Crippen molar-refractivity contribution in [1.29, 1.82) is 0 Å². The number of aliphatic hydroxyl groups is 1. The molecule has 1 saturated heterocycles. The molecule has 0 bridgehead atoms. The molecule has 2 heterocycles. The van der Waals surface area contributed by atoms with E-state index in [0.717, 1.165) is 11.3 Å². The summed E-state index contributed by atoms with van der Waals surface area (Å²) >= 11 is 17.0. The molecule has 1 aromatic carbocycles. The van der Waals surface area contributed by atoms with E-state index >= 15 is 0 Å². The van der Waals surface area contributed by atoms with Gasteiger partial charge in [0.15, 0.2) is 9.96 Å². The highest BCUT2D eigenvalue weighted by atomic mass is 35.5. The molecule has 1 aromatic heterocycles. The molecule has 9 nitrogen and oxygen atoms in total. The zero-order chi connectivity index (χ0) is 22.8. The summed E-state index contributed by atoms with van der Waals surface area (Å²) in [6.45, 7) is -0.00948. The van der Waals surface area contributed by atoms with E-state index in [2.05, 4.69) is 27.5 Å². The SMILES string of the molecule is NC(=Nc1csc(S(=O)(=O)N2CCCC2CO)c1O)C(NS)=[NH+]c1cccc(Cl)c1Cl. The van der Waals surface area contributed by atoms with Gasteiger partial charge < -0.3 is 15.9 Å². The standard InChI is InChI=1S/C17H19Cl2N5O4S3/c18-10-4-1-5-11(13(10)19)22-16(23-29)15(20)21-12-8-30-17(14(12)26)31(27,28)24-6-2-3-9(24)7-25/h1,4-5,8-9,25-26,29H,2-3,6-7H2,(H2,20,21)(H,22,23)/p+1. The first-order valence-electron chi connectivity index (χ1n) is 8.96. The monoisotopic (exact) mass is 524 g/mol. The van der Waals surface area contributed by atoms with Crippen molar-refractivity contribution >= 4 is 80.4 Å². The minimum absolute atomic E-state index is 0.0269. The molecule has 1 fully saturated rings. The second kappa shape index (κ2) is 9.94. The molecule has 0 radical (unpaired) electrons. The normalized spacial score (nSPS) is 18.5. The molecule has 0 amide bonds. The van der Waals surface area contributed by atoms with Gasteiger partial charge in [-0.2, -0.15) is 4.31 Å². The van der Waals surface area contributed by atoms with Crippen molar-refractivity contribution in [3.8, 4) is 5.75 Å². The van der Waals surface area contributed by atoms with Crippen LogP contribution in [-0.2, 0) is 10.0 Å². The van der Waals surface area contributed by atoms with Crippen LogP contribution in [-0.4, -0.2) is 53.8 Å². The van der Waals surface area contributed by atoms with Crippen molar-refractivity contribution in [2.45, 2.75) is 23.1 Å². The zero-order valence-corrected chi connectivity index (χ0v) is 20.0. The van der Waals surface area contributed by atoms with Crippen molar-refractivity contribution in [3.63, 3.8) is 0 Å². The van der Waals surface area contributed by atoms with Crippen LogP contribution in [0.1, 0.15) is 12.8 Å². The number of aromatic hydroxyl groups is 1. The maximum atomic E-state index is 12.9. The lowest BCUT2D eigenvalue weighted by atomic mass is 10.2. The van der Waals surface area contributed by atoms with Crippen LogP contribution < -0.4 is 15.4 Å². The molecule has 168 valence electrons. The lowest BCUT2D eigenvalue weighted by Gasteiger charge is -2.21. The fourth-order valence-corrected chi connectivity index (χ4v) is 6.60. The number of aliphatic imine (C=N–C) groups is 1. The third-order valence-electron chi connectivity index (χ3n) is 4.61. The summed E-state index contributed by atoms with van der Waals surface area (Å²) in [6.07, 6.45) is 1.20. The van der Waals surface area contributed by atoms with E-state index in [4.69, 9.17) is 28.9 Å². The van der Waals surface area contributed by atoms with Crippen molar-refractivity contribution in [1.82, 2.24) is 9.03 Å². The van der Waals surface area contributed by atoms with Crippen molar-refractivity contribution in [3.05, 3.63) is 33.6 Å². The summed E-state index contributed by atoms with van der Waals surface area (Å²) < 4.78 is 29.4. The molecule has 1 unspecified atom stereocenters. The van der Waals surface area contributed by atoms with Gasteiger partial charge in [-0.25, -0.2) is 23.1 Å². The van der Waals surface area contributed by atoms with Crippen LogP contribution in [0.25, 0.3) is 0 Å². The Kier molecular flexibility index (Phi) is 7.73. The van der Waals surface area contributed by atoms with E-state index in [0.29, 0.717) is 23.6 Å². The zero-order valence-electron chi connectivity index (χ0n) is 15.9. The second-order valence-electron chi connectivity index (χ2n) is 6.56. The molecule has 1 aliphatic rings. The number of hydrogen-bond acceptors (Lipinski definition) is 7. The highest BCUT2D eigenvalue weighted by Crippen LogP contribution is 2.42. The molecule has 1 aliphatic heterocycles. The summed E-state index contributed by atoms with van der Waals surface area (Å²) in [6, 6.07) is 4.45. The van der Waals surface area contributed by atoms with Crippen molar-refractivity contribution < 1.29 is 23.6 Å². The van der Waals surface area contributed by atoms with Crippen LogP contribution in [0.3, 0.4) is 0 Å². The van der Waals surface area contributed by atoms with Crippen molar-refractivity contribution in [2.24, 2.45) is 10.7 Å². The van der Waals surface area contributed by atoms with Gasteiger partial charge in [0.25, 0.3) is 10.0 Å². The molecule has 14 heteroatoms. The predicted octanol–water partition coefficient (Wildman–Crippen LogP) is 1.14. The van der Waals surface area contributed by atoms with Gasteiger partial charge in [-0.1, -0.05) is 29.3 Å². The van der Waals surface area contributed by atoms with Gasteiger partial charge in [0, 0.05) is 30.8 Å². The van der Waals surface area contributed by atoms with E-state index < -0.39 is 21.8 Å². The van der Waals surface area contributed by atoms with Gasteiger partial charge in [0.05, 0.1) is 11.6 Å². The van der Waals surface area contributed by atoms with Crippen LogP contribution in [0.4, 0.5) is 11.4 Å². The van der Waals surface area contributed by atoms with E-state index in [1.807, 2.05) is 0 Å². The number of nitrogens with two attached hydrogens (primary N) is 1. The van der Waals surface area contributed by atoms with Crippen LogP contribution in [0.2, 0.25) is 10.0 Å². The Morgan fingerprint density at radius 2 is 2.19 bits per heavy atom. The molecule has 31 heavy (non-hydrogen) atoms. The average Bonchev–Trinajstić information content (AvgIpc) is 3.36. The summed E-state index contributed by atoms with van der Waals surface area (Å²) in [7, 11) is -3.98. The fraction of sp³-hybridized carbons (Fsp3) is 0.294. The van der Waals surface area contributed by atoms with Gasteiger partial charge in [-0.3, -0.25) is 0 Å². The molecule has 0 saturated carbocycles. The first-order chi connectivity index (χ1) is 14.7. The van der Waals surface area contributed by atoms with Crippen LogP contribution in [0.15, 0.2) is 32.8 Å². The lowest BCUT2D eigenvalue weighted by Crippen LogP contribution is -2.72. The summed E-state index contributed by atoms with van der Waals surface area (Å²) in [4.78, 5) is 7.01. The van der Waals surface area contributed by atoms with Gasteiger partial charge in [-0.15, -0.1) is 11.3 Å². The number of thiophene rings is 1. The quantitative estimate of drug-likeness (QED) is 0.196. The molecule has 6 N–H and O–H groups in total. The maximum Gasteiger partial charge on any atom is 0.327 e. The third-order valence-corrected chi connectivity index (χ3v) is 9.08. The first-order valence-corrected chi connectivity index (χ1v) is 12.5. The van der Waals surface area contributed by atoms with E-state index in [1.54, 1.807) is 18.2 Å². The Hall–Kier alpha value is -1.54. The number of amidine groups is 2. The Balaban J connectivity index is 1.94. The maximum absolute atomic E-state index is 12.9. The summed E-state index contributed by atoms with van der Waals surface area (Å²) in [5.74, 6) is -0.490. The second-order valence-corrected chi connectivity index (χ2v) is 10.5. The number of sulfonamides is 1. The predicted molar refractivity (Wildman–Crippen MR) is 125 cm³/mol. The molecule has 0 aliphatic carbocycles. The summed E-state index contributed by atoms with van der Waals surface area (Å²) in [5.41, 5.74) is 6.42. The number of thiol groups is 1. The Bertz CT molecular complexity index is 1140. The summed E-state index contributed by atoms with van der Waals surface area (Å²) in [5, 5.41) is 21.9. The Morgan fingerprint density at radius 1 is 1.45 bits per heavy atom. The number of nitrogens with zero attached hydrogens (tertiary/aromatic N) is 2. The van der Waals surface area contributed by atoms with Gasteiger partial charge >= 0.3 is 5.84 Å². The van der Waals surface area contributed by atoms with Crippen molar-refractivity contribution in [2.75, 3.05) is 13.2 Å². The Morgan fingerprint density at radius 3 is 2.87 bits per heavy atom. The molecule has 1 atom stereocenters. The number of halogens is 2. The van der Waals surface area contributed by atoms with Gasteiger partial charge in [-0.05, 0) is 25.0 Å². The number of hydrogen-bond donors (Lipinski definition) is 6. The molecule has 3 rings (SSSR count). The largest absolute Gasteiger partial charge is 0.504 e. The fourth-order valence-electron chi connectivity index (χ4n) is 3.07. The highest BCUT2D eigenvalue weighted by molar-refractivity contribution is 7.91. The van der Waals surface area contributed by atoms with Gasteiger partial charge in [0.1, 0.15) is 16.4 Å². The average molecular weight is 525 g/mol. The Labute approximate surface area is 198 Å². The number of benzene rings is 1. The highest BCUT2D eigenvalue weighted by Gasteiger charge is 2.38. The van der Waals surface area contributed by atoms with Gasteiger partial charge in [0.2, 0.25) is 5.84 Å². The minimum atomic E-state index is -3.98. The first kappa shape index (κ1) is 24.1. The third kappa shape index (κ3) is 4.95. The number of aliphatic hydroxyl groups excluding tert-OH is 1. The molecular weight excluding hydrogens is 505 g/mol. The molecule has 2 aromatic rings. The van der Waals surface area contributed by atoms with Crippen LogP contribution in [0.5, 0.6) is 5.75 Å². The minimum Gasteiger partial charge on any atom is -0.504 e. The van der Waals surface area contributed by atoms with Crippen LogP contribution >= 0.6 is 47.4 Å². The number of rotatable bonds is 5. The molecular formula is C17H20Cl2N5O4S3+. The smallest absolute Gasteiger partial charge is 0.327 e. The van der Waals surface area contributed by atoms with E-state index in [1.165, 1.54) is 9.69 Å². The lowest BCUT2D eigenvalue weighted by molar-refractivity contribution is -0.353.